The molecular weight excluding hydrogens is 372 g/mol. The maximum atomic E-state index is 13.9. The molecule has 3 aliphatic heterocycles. The zero-order valence-electron chi connectivity index (χ0n) is 17.1. The molecule has 0 N–H and O–H groups in total. The van der Waals surface area contributed by atoms with E-state index in [1.807, 2.05) is 12.1 Å². The van der Waals surface area contributed by atoms with Crippen molar-refractivity contribution < 1.29 is 28.5 Å². The highest BCUT2D eigenvalue weighted by atomic mass is 16.7. The van der Waals surface area contributed by atoms with Crippen LogP contribution in [0.15, 0.2) is 24.3 Å². The minimum absolute atomic E-state index is 0.0123. The number of ether oxygens (including phenoxy) is 5. The molecular formula is C23H26O6. The smallest absolute Gasteiger partial charge is 0.233 e. The summed E-state index contributed by atoms with van der Waals surface area (Å²) in [6.45, 7) is 2.81. The first kappa shape index (κ1) is 17.9. The molecule has 0 unspecified atom stereocenters. The normalized spacial score (nSPS) is 45.7. The van der Waals surface area contributed by atoms with E-state index in [0.717, 1.165) is 29.0 Å². The molecule has 29 heavy (non-hydrogen) atoms. The zero-order chi connectivity index (χ0) is 20.1. The summed E-state index contributed by atoms with van der Waals surface area (Å²) in [6.07, 6.45) is 4.77. The van der Waals surface area contributed by atoms with Gasteiger partial charge in [-0.2, -0.15) is 0 Å². The van der Waals surface area contributed by atoms with Gasteiger partial charge in [-0.25, -0.2) is 0 Å². The molecule has 2 bridgehead atoms. The number of benzene rings is 1. The van der Waals surface area contributed by atoms with Crippen molar-refractivity contribution >= 4 is 5.78 Å². The van der Waals surface area contributed by atoms with Gasteiger partial charge in [0, 0.05) is 36.0 Å². The van der Waals surface area contributed by atoms with Gasteiger partial charge < -0.3 is 23.7 Å². The highest BCUT2D eigenvalue weighted by Crippen LogP contribution is 2.73. The van der Waals surface area contributed by atoms with Gasteiger partial charge in [-0.15, -0.1) is 0 Å². The highest BCUT2D eigenvalue weighted by molar-refractivity contribution is 5.92. The molecule has 0 radical (unpaired) electrons. The minimum atomic E-state index is -1.19. The number of fused-ring (bicyclic) bond motifs is 9. The van der Waals surface area contributed by atoms with E-state index in [1.54, 1.807) is 21.3 Å². The van der Waals surface area contributed by atoms with Crippen LogP contribution in [0.3, 0.4) is 0 Å². The Morgan fingerprint density at radius 1 is 1.07 bits per heavy atom. The predicted octanol–water partition coefficient (Wildman–Crippen LogP) is 3.22. The molecule has 1 saturated carbocycles. The van der Waals surface area contributed by atoms with Crippen LogP contribution in [0, 0.1) is 29.1 Å². The van der Waals surface area contributed by atoms with Crippen molar-refractivity contribution in [3.05, 3.63) is 35.4 Å². The topological polar surface area (TPSA) is 63.2 Å². The molecule has 3 heterocycles. The lowest BCUT2D eigenvalue weighted by Crippen LogP contribution is -2.64. The Labute approximate surface area is 170 Å². The number of ketones is 1. The van der Waals surface area contributed by atoms with Crippen molar-refractivity contribution in [2.75, 3.05) is 27.9 Å². The first-order valence-corrected chi connectivity index (χ1v) is 10.3. The van der Waals surface area contributed by atoms with Crippen molar-refractivity contribution in [3.8, 4) is 11.5 Å². The second-order valence-corrected chi connectivity index (χ2v) is 9.15. The molecule has 5 aliphatic rings. The van der Waals surface area contributed by atoms with Crippen molar-refractivity contribution in [3.63, 3.8) is 0 Å². The molecule has 0 spiro atoms. The average molecular weight is 398 g/mol. The standard InChI is InChI=1S/C23H26O6/c1-22-9-5-6-11-10-28-23(27-4,20(11)22)21(24)16-17(22)19-15-13(26-3)8-7-12(25-2)14(15)18(16)29-19/h5-8,11,16-20H,9-10H2,1-4H3/t11-,16-,17+,18+,19-,20+,22+,23+/m1/s1. The van der Waals surface area contributed by atoms with Gasteiger partial charge >= 0.3 is 0 Å². The van der Waals surface area contributed by atoms with E-state index >= 15 is 0 Å². The molecule has 3 fully saturated rings. The van der Waals surface area contributed by atoms with Crippen LogP contribution in [0.25, 0.3) is 0 Å². The lowest BCUT2D eigenvalue weighted by molar-refractivity contribution is -0.251. The second-order valence-electron chi connectivity index (χ2n) is 9.15. The number of rotatable bonds is 3. The number of allylic oxidation sites excluding steroid dienone is 1. The summed E-state index contributed by atoms with van der Waals surface area (Å²) in [5.74, 6) is 0.283. The van der Waals surface area contributed by atoms with E-state index < -0.39 is 5.79 Å². The van der Waals surface area contributed by atoms with Gasteiger partial charge in [0.25, 0.3) is 0 Å². The first-order chi connectivity index (χ1) is 14.0. The third kappa shape index (κ3) is 1.83. The van der Waals surface area contributed by atoms with Crippen molar-refractivity contribution in [2.45, 2.75) is 31.3 Å². The quantitative estimate of drug-likeness (QED) is 0.729. The fourth-order valence-electron chi connectivity index (χ4n) is 7.28. The summed E-state index contributed by atoms with van der Waals surface area (Å²) in [7, 11) is 4.93. The van der Waals surface area contributed by atoms with Crippen LogP contribution in [-0.2, 0) is 19.0 Å². The Morgan fingerprint density at radius 3 is 2.41 bits per heavy atom. The highest BCUT2D eigenvalue weighted by Gasteiger charge is 2.76. The van der Waals surface area contributed by atoms with E-state index in [1.165, 1.54) is 0 Å². The number of hydrogen-bond donors (Lipinski definition) is 0. The summed E-state index contributed by atoms with van der Waals surface area (Å²) < 4.78 is 29.9. The largest absolute Gasteiger partial charge is 0.496 e. The lowest BCUT2D eigenvalue weighted by Gasteiger charge is -2.56. The van der Waals surface area contributed by atoms with E-state index in [-0.39, 0.29) is 47.1 Å². The Hall–Kier alpha value is -1.89. The maximum absolute atomic E-state index is 13.9. The molecule has 2 saturated heterocycles. The number of methoxy groups -OCH3 is 3. The summed E-state index contributed by atoms with van der Waals surface area (Å²) in [5, 5.41) is 0. The molecule has 0 aromatic heterocycles. The fraction of sp³-hybridized carbons (Fsp3) is 0.609. The summed E-state index contributed by atoms with van der Waals surface area (Å²) in [5.41, 5.74) is 1.82. The summed E-state index contributed by atoms with van der Waals surface area (Å²) in [4.78, 5) is 13.9. The van der Waals surface area contributed by atoms with Crippen LogP contribution in [0.1, 0.15) is 36.7 Å². The number of hydrogen-bond acceptors (Lipinski definition) is 6. The van der Waals surface area contributed by atoms with Crippen molar-refractivity contribution in [2.24, 2.45) is 29.1 Å². The SMILES string of the molecule is COc1ccc(OC)c2c1[C@H]1O[C@@H]2[C@@H]2C(=O)[C@@]3(OC)OC[C@H]4C=CC[C@@](C)([C@@H]21)[C@H]43. The van der Waals surface area contributed by atoms with Crippen LogP contribution in [0.2, 0.25) is 0 Å². The Balaban J connectivity index is 1.59. The van der Waals surface area contributed by atoms with Gasteiger partial charge in [0.1, 0.15) is 11.5 Å². The van der Waals surface area contributed by atoms with E-state index in [9.17, 15) is 4.79 Å². The number of Topliss-reactive ketones (excluding diaryl/α,β-unsaturated/α-hetero) is 1. The van der Waals surface area contributed by atoms with Crippen LogP contribution in [0.5, 0.6) is 11.5 Å². The third-order valence-electron chi connectivity index (χ3n) is 8.24. The molecule has 6 heteroatoms. The molecule has 6 nitrogen and oxygen atoms in total. The molecule has 0 amide bonds. The predicted molar refractivity (Wildman–Crippen MR) is 103 cm³/mol. The number of carbonyl (C=O) groups is 1. The van der Waals surface area contributed by atoms with Crippen molar-refractivity contribution in [1.29, 1.82) is 0 Å². The molecule has 8 atom stereocenters. The monoisotopic (exact) mass is 398 g/mol. The second kappa shape index (κ2) is 5.62. The van der Waals surface area contributed by atoms with Crippen molar-refractivity contribution in [1.82, 2.24) is 0 Å². The van der Waals surface area contributed by atoms with E-state index in [0.29, 0.717) is 6.61 Å². The minimum Gasteiger partial charge on any atom is -0.496 e. The molecule has 1 aromatic rings. The van der Waals surface area contributed by atoms with Gasteiger partial charge in [0.15, 0.2) is 5.78 Å². The Bertz CT molecular complexity index is 940. The van der Waals surface area contributed by atoms with Crippen LogP contribution in [-0.4, -0.2) is 39.5 Å². The molecule has 1 aromatic carbocycles. The van der Waals surface area contributed by atoms with Gasteiger partial charge in [0.05, 0.1) is 39.0 Å². The lowest BCUT2D eigenvalue weighted by atomic mass is 9.47. The summed E-state index contributed by atoms with van der Waals surface area (Å²) in [6, 6.07) is 3.83. The Kier molecular flexibility index (Phi) is 3.48. The molecule has 6 rings (SSSR count). The first-order valence-electron chi connectivity index (χ1n) is 10.3. The van der Waals surface area contributed by atoms with Crippen LogP contribution in [0.4, 0.5) is 0 Å². The Morgan fingerprint density at radius 2 is 1.76 bits per heavy atom. The molecule has 2 aliphatic carbocycles. The van der Waals surface area contributed by atoms with Crippen LogP contribution >= 0.6 is 0 Å². The van der Waals surface area contributed by atoms with Gasteiger partial charge in [-0.05, 0) is 24.0 Å². The third-order valence-corrected chi connectivity index (χ3v) is 8.24. The van der Waals surface area contributed by atoms with E-state index in [4.69, 9.17) is 23.7 Å². The fourth-order valence-corrected chi connectivity index (χ4v) is 7.28. The van der Waals surface area contributed by atoms with Gasteiger partial charge in [-0.3, -0.25) is 4.79 Å². The number of carbonyl (C=O) groups excluding carboxylic acids is 1. The van der Waals surface area contributed by atoms with E-state index in [2.05, 4.69) is 19.1 Å². The maximum Gasteiger partial charge on any atom is 0.233 e. The zero-order valence-corrected chi connectivity index (χ0v) is 17.1. The molecule has 154 valence electrons. The van der Waals surface area contributed by atoms with Crippen LogP contribution < -0.4 is 9.47 Å². The average Bonchev–Trinajstić information content (AvgIpc) is 3.43. The van der Waals surface area contributed by atoms with Gasteiger partial charge in [0.2, 0.25) is 5.79 Å². The summed E-state index contributed by atoms with van der Waals surface area (Å²) >= 11 is 0. The van der Waals surface area contributed by atoms with Gasteiger partial charge in [-0.1, -0.05) is 19.1 Å².